The molecule has 2 N–H and O–H groups in total. The van der Waals surface area contributed by atoms with Crippen LogP contribution in [0.2, 0.25) is 0 Å². The van der Waals surface area contributed by atoms with E-state index in [4.69, 9.17) is 0 Å². The lowest BCUT2D eigenvalue weighted by atomic mass is 10.1. The number of hydrogen-bond donors (Lipinski definition) is 2. The Balaban J connectivity index is 2.15. The van der Waals surface area contributed by atoms with E-state index in [1.807, 2.05) is 0 Å². The number of hydrogen-bond acceptors (Lipinski definition) is 2. The second-order valence-corrected chi connectivity index (χ2v) is 5.04. The van der Waals surface area contributed by atoms with Gasteiger partial charge in [0.15, 0.2) is 0 Å². The molecule has 126 valence electrons. The molecule has 0 aromatic heterocycles. The predicted octanol–water partition coefficient (Wildman–Crippen LogP) is 3.25. The van der Waals surface area contributed by atoms with Crippen LogP contribution in [0, 0.1) is 0 Å². The highest BCUT2D eigenvalue weighted by Crippen LogP contribution is 2.32. The number of carbonyl (C=O) groups excluding carboxylic acids is 2. The van der Waals surface area contributed by atoms with Crippen LogP contribution in [0.1, 0.15) is 21.5 Å². The van der Waals surface area contributed by atoms with Gasteiger partial charge in [0.1, 0.15) is 0 Å². The molecule has 0 radical (unpaired) electrons. The van der Waals surface area contributed by atoms with E-state index in [0.29, 0.717) is 5.69 Å². The first kappa shape index (κ1) is 17.5. The fraction of sp³-hybridized carbons (Fsp3) is 0.176. The molecule has 7 heteroatoms. The van der Waals surface area contributed by atoms with Crippen LogP contribution in [-0.4, -0.2) is 18.9 Å². The van der Waals surface area contributed by atoms with E-state index in [1.165, 1.54) is 31.3 Å². The molecule has 0 heterocycles. The number of halogens is 3. The first-order valence-corrected chi connectivity index (χ1v) is 7.08. The molecule has 0 atom stereocenters. The molecule has 0 unspecified atom stereocenters. The molecule has 2 amide bonds. The first-order chi connectivity index (χ1) is 11.3. The van der Waals surface area contributed by atoms with E-state index >= 15 is 0 Å². The zero-order valence-electron chi connectivity index (χ0n) is 12.8. The number of alkyl halides is 3. The Morgan fingerprint density at radius 1 is 1.00 bits per heavy atom. The van der Waals surface area contributed by atoms with Crippen molar-refractivity contribution >= 4 is 17.5 Å². The van der Waals surface area contributed by atoms with Crippen LogP contribution in [-0.2, 0) is 17.4 Å². The van der Waals surface area contributed by atoms with Crippen LogP contribution in [0.15, 0.2) is 48.5 Å². The lowest BCUT2D eigenvalue weighted by Crippen LogP contribution is -2.20. The van der Waals surface area contributed by atoms with Gasteiger partial charge in [0.2, 0.25) is 5.91 Å². The van der Waals surface area contributed by atoms with Crippen LogP contribution < -0.4 is 10.6 Å². The van der Waals surface area contributed by atoms with Crippen molar-refractivity contribution < 1.29 is 22.8 Å². The van der Waals surface area contributed by atoms with Crippen LogP contribution in [0.5, 0.6) is 0 Å². The minimum absolute atomic E-state index is 0.161. The van der Waals surface area contributed by atoms with Gasteiger partial charge < -0.3 is 10.6 Å². The largest absolute Gasteiger partial charge is 0.417 e. The monoisotopic (exact) mass is 336 g/mol. The maximum atomic E-state index is 12.9. The van der Waals surface area contributed by atoms with Gasteiger partial charge in [0, 0.05) is 12.7 Å². The Bertz CT molecular complexity index is 740. The van der Waals surface area contributed by atoms with Gasteiger partial charge in [-0.2, -0.15) is 13.2 Å². The highest BCUT2D eigenvalue weighted by atomic mass is 19.4. The molecular formula is C17H15F3N2O2. The van der Waals surface area contributed by atoms with Crippen molar-refractivity contribution in [1.29, 1.82) is 0 Å². The molecule has 0 aliphatic carbocycles. The van der Waals surface area contributed by atoms with E-state index < -0.39 is 23.2 Å². The van der Waals surface area contributed by atoms with Crippen molar-refractivity contribution in [1.82, 2.24) is 5.32 Å². The fourth-order valence-corrected chi connectivity index (χ4v) is 2.11. The van der Waals surface area contributed by atoms with Crippen molar-refractivity contribution in [3.05, 3.63) is 65.2 Å². The number of rotatable bonds is 4. The molecule has 4 nitrogen and oxygen atoms in total. The summed E-state index contributed by atoms with van der Waals surface area (Å²) in [7, 11) is 1.52. The minimum atomic E-state index is -4.61. The average Bonchev–Trinajstić information content (AvgIpc) is 2.55. The van der Waals surface area contributed by atoms with E-state index in [-0.39, 0.29) is 12.3 Å². The quantitative estimate of drug-likeness (QED) is 0.900. The third kappa shape index (κ3) is 4.34. The molecule has 0 saturated heterocycles. The number of amides is 2. The molecule has 2 rings (SSSR count). The first-order valence-electron chi connectivity index (χ1n) is 7.08. The topological polar surface area (TPSA) is 58.2 Å². The van der Waals surface area contributed by atoms with Gasteiger partial charge >= 0.3 is 6.18 Å². The molecule has 2 aromatic carbocycles. The molecule has 0 aliphatic heterocycles. The van der Waals surface area contributed by atoms with Crippen LogP contribution in [0.4, 0.5) is 18.9 Å². The second-order valence-electron chi connectivity index (χ2n) is 5.04. The Morgan fingerprint density at radius 2 is 1.62 bits per heavy atom. The van der Waals surface area contributed by atoms with Gasteiger partial charge in [0.25, 0.3) is 5.91 Å². The summed E-state index contributed by atoms with van der Waals surface area (Å²) in [4.78, 5) is 23.4. The Kier molecular flexibility index (Phi) is 5.23. The average molecular weight is 336 g/mol. The van der Waals surface area contributed by atoms with E-state index in [9.17, 15) is 22.8 Å². The third-order valence-electron chi connectivity index (χ3n) is 3.33. The number of benzene rings is 2. The maximum absolute atomic E-state index is 12.9. The smallest absolute Gasteiger partial charge is 0.359 e. The molecular weight excluding hydrogens is 321 g/mol. The van der Waals surface area contributed by atoms with E-state index in [0.717, 1.165) is 17.7 Å². The molecule has 2 aromatic rings. The van der Waals surface area contributed by atoms with Crippen molar-refractivity contribution in [2.24, 2.45) is 0 Å². The summed E-state index contributed by atoms with van der Waals surface area (Å²) in [6.45, 7) is 0. The summed E-state index contributed by atoms with van der Waals surface area (Å²) in [5, 5.41) is 4.91. The lowest BCUT2D eigenvalue weighted by Gasteiger charge is -2.12. The summed E-state index contributed by atoms with van der Waals surface area (Å²) < 4.78 is 38.8. The Labute approximate surface area is 136 Å². The van der Waals surface area contributed by atoms with E-state index in [1.54, 1.807) is 12.1 Å². The zero-order chi connectivity index (χ0) is 17.7. The van der Waals surface area contributed by atoms with Crippen molar-refractivity contribution in [3.63, 3.8) is 0 Å². The van der Waals surface area contributed by atoms with Gasteiger partial charge in [-0.05, 0) is 29.8 Å². The zero-order valence-corrected chi connectivity index (χ0v) is 12.8. The van der Waals surface area contributed by atoms with Gasteiger partial charge in [-0.1, -0.05) is 24.3 Å². The highest BCUT2D eigenvalue weighted by molar-refractivity contribution is 6.05. The molecule has 0 spiro atoms. The summed E-state index contributed by atoms with van der Waals surface area (Å²) >= 11 is 0. The number of likely N-dealkylation sites (N-methyl/N-ethyl adjacent to an activating group) is 1. The summed E-state index contributed by atoms with van der Waals surface area (Å²) in [5.41, 5.74) is -0.362. The van der Waals surface area contributed by atoms with Crippen molar-refractivity contribution in [2.75, 3.05) is 12.4 Å². The van der Waals surface area contributed by atoms with Crippen LogP contribution in [0.25, 0.3) is 0 Å². The third-order valence-corrected chi connectivity index (χ3v) is 3.33. The minimum Gasteiger partial charge on any atom is -0.359 e. The number of anilines is 1. The molecule has 0 saturated carbocycles. The SMILES string of the molecule is CNC(=O)Cc1ccc(NC(=O)c2ccccc2C(F)(F)F)cc1. The number of carbonyl (C=O) groups is 2. The standard InChI is InChI=1S/C17H15F3N2O2/c1-21-15(23)10-11-6-8-12(9-7-11)22-16(24)13-4-2-3-5-14(13)17(18,19)20/h2-9H,10H2,1H3,(H,21,23)(H,22,24). The van der Waals surface area contributed by atoms with E-state index in [2.05, 4.69) is 10.6 Å². The highest BCUT2D eigenvalue weighted by Gasteiger charge is 2.34. The van der Waals surface area contributed by atoms with Gasteiger partial charge in [-0.15, -0.1) is 0 Å². The maximum Gasteiger partial charge on any atom is 0.417 e. The summed E-state index contributed by atoms with van der Waals surface area (Å²) in [6.07, 6.45) is -4.42. The molecule has 0 aliphatic rings. The van der Waals surface area contributed by atoms with Crippen LogP contribution >= 0.6 is 0 Å². The fourth-order valence-electron chi connectivity index (χ4n) is 2.11. The van der Waals surface area contributed by atoms with Gasteiger partial charge in [-0.25, -0.2) is 0 Å². The summed E-state index contributed by atoms with van der Waals surface area (Å²) in [5.74, 6) is -1.01. The van der Waals surface area contributed by atoms with Gasteiger partial charge in [-0.3, -0.25) is 9.59 Å². The molecule has 0 bridgehead atoms. The van der Waals surface area contributed by atoms with Gasteiger partial charge in [0.05, 0.1) is 17.5 Å². The molecule has 24 heavy (non-hydrogen) atoms. The predicted molar refractivity (Wildman–Crippen MR) is 83.6 cm³/mol. The summed E-state index contributed by atoms with van der Waals surface area (Å²) in [6, 6.07) is 10.9. The van der Waals surface area contributed by atoms with Crippen LogP contribution in [0.3, 0.4) is 0 Å². The number of nitrogens with one attached hydrogen (secondary N) is 2. The van der Waals surface area contributed by atoms with Crippen molar-refractivity contribution in [3.8, 4) is 0 Å². The normalized spacial score (nSPS) is 11.0. The van der Waals surface area contributed by atoms with Crippen molar-refractivity contribution in [2.45, 2.75) is 12.6 Å². The lowest BCUT2D eigenvalue weighted by molar-refractivity contribution is -0.137. The Morgan fingerprint density at radius 3 is 2.21 bits per heavy atom. The molecule has 0 fully saturated rings. The Hall–Kier alpha value is -2.83. The second kappa shape index (κ2) is 7.16.